The van der Waals surface area contributed by atoms with Gasteiger partial charge in [-0.1, -0.05) is 89.9 Å². The number of thiocarbonyl (C=S) groups is 1. The van der Waals surface area contributed by atoms with Crippen molar-refractivity contribution in [2.24, 2.45) is 4.99 Å². The van der Waals surface area contributed by atoms with Crippen molar-refractivity contribution >= 4 is 79.4 Å². The average Bonchev–Trinajstić information content (AvgIpc) is 3.07. The lowest BCUT2D eigenvalue weighted by Crippen LogP contribution is -2.49. The molecule has 1 amide bonds. The van der Waals surface area contributed by atoms with Gasteiger partial charge in [0.25, 0.3) is 5.91 Å². The van der Waals surface area contributed by atoms with Crippen molar-refractivity contribution in [3.8, 4) is 0 Å². The molecule has 0 aliphatic carbocycles. The maximum absolute atomic E-state index is 13.7. The van der Waals surface area contributed by atoms with Crippen molar-refractivity contribution in [2.45, 2.75) is 12.7 Å². The van der Waals surface area contributed by atoms with Crippen LogP contribution in [0.25, 0.3) is 21.5 Å². The van der Waals surface area contributed by atoms with E-state index >= 15 is 0 Å². The Morgan fingerprint density at radius 1 is 0.902 bits per heavy atom. The fourth-order valence-corrected chi connectivity index (χ4v) is 5.90. The van der Waals surface area contributed by atoms with Gasteiger partial charge in [-0.2, -0.15) is 0 Å². The number of rotatable bonds is 4. The number of hydrogen-bond acceptors (Lipinski definition) is 3. The van der Waals surface area contributed by atoms with E-state index < -0.39 is 6.17 Å². The van der Waals surface area contributed by atoms with Crippen LogP contribution in [0.3, 0.4) is 0 Å². The minimum atomic E-state index is -0.975. The van der Waals surface area contributed by atoms with Gasteiger partial charge in [-0.3, -0.25) is 4.79 Å². The number of halogens is 2. The molecule has 5 aromatic rings. The predicted molar refractivity (Wildman–Crippen MR) is 174 cm³/mol. The number of aliphatic imine (C=N–C) groups is 1. The zero-order chi connectivity index (χ0) is 28.7. The summed E-state index contributed by atoms with van der Waals surface area (Å²) in [5.41, 5.74) is 3.83. The van der Waals surface area contributed by atoms with Crippen LogP contribution >= 0.6 is 35.4 Å². The molecule has 1 N–H and O–H groups in total. The first-order valence-electron chi connectivity index (χ1n) is 13.1. The lowest BCUT2D eigenvalue weighted by atomic mass is 9.96. The van der Waals surface area contributed by atoms with E-state index in [1.54, 1.807) is 30.1 Å². The smallest absolute Gasteiger partial charge is 0.272 e. The first-order chi connectivity index (χ1) is 19.8. The number of hydrogen-bond donors (Lipinski definition) is 1. The van der Waals surface area contributed by atoms with E-state index in [1.165, 1.54) is 10.8 Å². The van der Waals surface area contributed by atoms with Crippen molar-refractivity contribution < 1.29 is 4.79 Å². The Hall–Kier alpha value is -3.97. The number of carbonyl (C=O) groups is 1. The number of nitrogens with one attached hydrogen (secondary N) is 1. The number of carbonyl (C=O) groups excluding carboxylic acids is 1. The second kappa shape index (κ2) is 11.1. The van der Waals surface area contributed by atoms with Crippen molar-refractivity contribution in [3.05, 3.63) is 124 Å². The van der Waals surface area contributed by atoms with Gasteiger partial charge in [-0.05, 0) is 69.7 Å². The third-order valence-electron chi connectivity index (χ3n) is 7.41. The fourth-order valence-electron chi connectivity index (χ4n) is 5.32. The average molecular weight is 598 g/mol. The predicted octanol–water partition coefficient (Wildman–Crippen LogP) is 7.45. The Morgan fingerprint density at radius 2 is 1.54 bits per heavy atom. The van der Waals surface area contributed by atoms with Crippen molar-refractivity contribution in [3.63, 3.8) is 0 Å². The van der Waals surface area contributed by atoms with E-state index in [1.807, 2.05) is 60.5 Å². The van der Waals surface area contributed by atoms with Crippen LogP contribution in [-0.4, -0.2) is 41.9 Å². The third kappa shape index (κ3) is 5.15. The Kier molecular flexibility index (Phi) is 7.39. The highest BCUT2D eigenvalue weighted by Gasteiger charge is 2.31. The summed E-state index contributed by atoms with van der Waals surface area (Å²) >= 11 is 18.9. The van der Waals surface area contributed by atoms with Crippen LogP contribution < -0.4 is 10.2 Å². The zero-order valence-electron chi connectivity index (χ0n) is 22.4. The van der Waals surface area contributed by atoms with Crippen LogP contribution in [0.2, 0.25) is 10.0 Å². The summed E-state index contributed by atoms with van der Waals surface area (Å²) in [7, 11) is 3.65. The SMILES string of the molecule is CN(Cc1c2ccccc2cc2ccccc12)C(=S)NC1N=C(c2ccccc2Cl)c2cc(Cl)ccc2N(C)C1=O. The number of anilines is 1. The first-order valence-corrected chi connectivity index (χ1v) is 14.3. The molecule has 41 heavy (non-hydrogen) atoms. The lowest BCUT2D eigenvalue weighted by molar-refractivity contribution is -0.119. The first kappa shape index (κ1) is 27.2. The van der Waals surface area contributed by atoms with Crippen LogP contribution in [0.1, 0.15) is 16.7 Å². The number of likely N-dealkylation sites (N-methyl/N-ethyl adjacent to an activating group) is 1. The molecule has 8 heteroatoms. The molecular weight excluding hydrogens is 571 g/mol. The molecule has 0 fully saturated rings. The van der Waals surface area contributed by atoms with Gasteiger partial charge in [0.15, 0.2) is 5.11 Å². The van der Waals surface area contributed by atoms with Gasteiger partial charge >= 0.3 is 0 Å². The molecule has 1 atom stereocenters. The highest BCUT2D eigenvalue weighted by molar-refractivity contribution is 7.80. The number of benzodiazepines with no additional fused rings is 1. The minimum absolute atomic E-state index is 0.248. The maximum Gasteiger partial charge on any atom is 0.272 e. The molecule has 0 radical (unpaired) electrons. The van der Waals surface area contributed by atoms with E-state index in [0.717, 1.165) is 16.3 Å². The summed E-state index contributed by atoms with van der Waals surface area (Å²) in [6.07, 6.45) is -0.975. The van der Waals surface area contributed by atoms with Crippen molar-refractivity contribution in [1.29, 1.82) is 0 Å². The molecule has 0 spiro atoms. The van der Waals surface area contributed by atoms with Crippen LogP contribution in [0, 0.1) is 0 Å². The number of benzene rings is 5. The largest absolute Gasteiger partial charge is 0.348 e. The fraction of sp³-hybridized carbons (Fsp3) is 0.121. The highest BCUT2D eigenvalue weighted by atomic mass is 35.5. The van der Waals surface area contributed by atoms with Gasteiger partial charge in [-0.15, -0.1) is 0 Å². The molecule has 1 aliphatic rings. The van der Waals surface area contributed by atoms with Gasteiger partial charge in [0.05, 0.1) is 11.4 Å². The Morgan fingerprint density at radius 3 is 2.22 bits per heavy atom. The molecule has 6 rings (SSSR count). The monoisotopic (exact) mass is 596 g/mol. The van der Waals surface area contributed by atoms with Gasteiger partial charge < -0.3 is 15.1 Å². The lowest BCUT2D eigenvalue weighted by Gasteiger charge is -2.26. The van der Waals surface area contributed by atoms with Gasteiger partial charge in [0.2, 0.25) is 6.17 Å². The van der Waals surface area contributed by atoms with Gasteiger partial charge in [0, 0.05) is 41.8 Å². The molecule has 204 valence electrons. The molecule has 5 aromatic carbocycles. The van der Waals surface area contributed by atoms with Crippen LogP contribution in [0.15, 0.2) is 102 Å². The van der Waals surface area contributed by atoms with Crippen LogP contribution in [0.5, 0.6) is 0 Å². The molecule has 0 saturated heterocycles. The minimum Gasteiger partial charge on any atom is -0.348 e. The quantitative estimate of drug-likeness (QED) is 0.173. The summed E-state index contributed by atoms with van der Waals surface area (Å²) in [6, 6.07) is 31.7. The molecule has 5 nitrogen and oxygen atoms in total. The summed E-state index contributed by atoms with van der Waals surface area (Å²) in [5.74, 6) is -0.248. The standard InChI is InChI=1S/C33H26Cl2N4OS/c1-38(19-27-23-11-5-3-9-20(23)17-21-10-4-6-12-24(21)27)33(41)37-31-32(40)39(2)29-16-15-22(34)18-26(29)30(36-31)25-13-7-8-14-28(25)35/h3-18,31H,19H2,1-2H3,(H,37,41). The van der Waals surface area contributed by atoms with Crippen molar-refractivity contribution in [2.75, 3.05) is 19.0 Å². The molecule has 1 aliphatic heterocycles. The number of fused-ring (bicyclic) bond motifs is 3. The highest BCUT2D eigenvalue weighted by Crippen LogP contribution is 2.32. The normalized spacial score (nSPS) is 14.9. The number of nitrogens with zero attached hydrogens (tertiary/aromatic N) is 3. The van der Waals surface area contributed by atoms with Crippen molar-refractivity contribution in [1.82, 2.24) is 10.2 Å². The molecule has 0 aromatic heterocycles. The van der Waals surface area contributed by atoms with Gasteiger partial charge in [-0.25, -0.2) is 4.99 Å². The topological polar surface area (TPSA) is 47.9 Å². The van der Waals surface area contributed by atoms with E-state index in [-0.39, 0.29) is 5.91 Å². The van der Waals surface area contributed by atoms with E-state index in [0.29, 0.717) is 44.2 Å². The Balaban J connectivity index is 1.37. The zero-order valence-corrected chi connectivity index (χ0v) is 24.8. The van der Waals surface area contributed by atoms with Crippen LogP contribution in [0.4, 0.5) is 5.69 Å². The number of amides is 1. The maximum atomic E-state index is 13.7. The third-order valence-corrected chi connectivity index (χ3v) is 8.41. The van der Waals surface area contributed by atoms with E-state index in [2.05, 4.69) is 35.6 Å². The van der Waals surface area contributed by atoms with E-state index in [4.69, 9.17) is 40.4 Å². The molecule has 1 unspecified atom stereocenters. The van der Waals surface area contributed by atoms with E-state index in [9.17, 15) is 4.79 Å². The molecule has 1 heterocycles. The molecular formula is C33H26Cl2N4OS. The second-order valence-corrected chi connectivity index (χ2v) is 11.3. The molecule has 0 bridgehead atoms. The Bertz CT molecular complexity index is 1820. The summed E-state index contributed by atoms with van der Waals surface area (Å²) in [5, 5.41) is 9.35. The summed E-state index contributed by atoms with van der Waals surface area (Å²) < 4.78 is 0. The molecule has 0 saturated carbocycles. The van der Waals surface area contributed by atoms with Crippen LogP contribution in [-0.2, 0) is 11.3 Å². The summed E-state index contributed by atoms with van der Waals surface area (Å²) in [4.78, 5) is 22.2. The van der Waals surface area contributed by atoms with Gasteiger partial charge in [0.1, 0.15) is 0 Å². The second-order valence-electron chi connectivity index (χ2n) is 10.0. The summed E-state index contributed by atoms with van der Waals surface area (Å²) in [6.45, 7) is 0.543. The Labute approximate surface area is 254 Å².